The smallest absolute Gasteiger partial charge is 0.0107 e. The fraction of sp³-hybridized carbons (Fsp3) is 1.00. The van der Waals surface area contributed by atoms with Crippen molar-refractivity contribution >= 4 is 12.6 Å². The van der Waals surface area contributed by atoms with Gasteiger partial charge in [-0.25, -0.2) is 0 Å². The van der Waals surface area contributed by atoms with Crippen LogP contribution in [0.1, 0.15) is 40.0 Å². The summed E-state index contributed by atoms with van der Waals surface area (Å²) in [7, 11) is 0. The van der Waals surface area contributed by atoms with Gasteiger partial charge in [-0.05, 0) is 24.7 Å². The van der Waals surface area contributed by atoms with Crippen LogP contribution in [0.15, 0.2) is 0 Å². The quantitative estimate of drug-likeness (QED) is 0.497. The molecule has 0 aromatic heterocycles. The van der Waals surface area contributed by atoms with Crippen molar-refractivity contribution in [3.63, 3.8) is 0 Å². The van der Waals surface area contributed by atoms with Crippen LogP contribution < -0.4 is 0 Å². The molecule has 54 valence electrons. The van der Waals surface area contributed by atoms with E-state index in [1.807, 2.05) is 0 Å². The monoisotopic (exact) mass is 144 g/mol. The molecule has 0 radical (unpaired) electrons. The molecule has 1 rings (SSSR count). The van der Waals surface area contributed by atoms with Gasteiger partial charge in [-0.2, -0.15) is 12.6 Å². The third-order valence-electron chi connectivity index (χ3n) is 2.20. The van der Waals surface area contributed by atoms with Crippen LogP contribution in [0.5, 0.6) is 0 Å². The highest BCUT2D eigenvalue weighted by Gasteiger charge is 2.36. The molecule has 1 heteroatoms. The van der Waals surface area contributed by atoms with Crippen LogP contribution in [0, 0.1) is 5.41 Å². The lowest BCUT2D eigenvalue weighted by Gasteiger charge is -2.20. The van der Waals surface area contributed by atoms with Crippen molar-refractivity contribution in [2.75, 3.05) is 0 Å². The molecular formula is C8H16S. The Balaban J connectivity index is 2.58. The molecule has 0 spiro atoms. The molecule has 1 aliphatic rings. The molecular weight excluding hydrogens is 128 g/mol. The molecule has 0 aliphatic heterocycles. The van der Waals surface area contributed by atoms with Gasteiger partial charge in [0.15, 0.2) is 0 Å². The number of hydrogen-bond acceptors (Lipinski definition) is 1. The highest BCUT2D eigenvalue weighted by Crippen LogP contribution is 2.46. The van der Waals surface area contributed by atoms with E-state index in [1.165, 1.54) is 19.3 Å². The van der Waals surface area contributed by atoms with Crippen molar-refractivity contribution in [1.82, 2.24) is 0 Å². The molecule has 0 amide bonds. The number of rotatable bonds is 0. The van der Waals surface area contributed by atoms with E-state index >= 15 is 0 Å². The molecule has 0 aromatic carbocycles. The maximum Gasteiger partial charge on any atom is 0.0107 e. The summed E-state index contributed by atoms with van der Waals surface area (Å²) in [4.78, 5) is 0. The predicted octanol–water partition coefficient (Wildman–Crippen LogP) is 2.89. The second kappa shape index (κ2) is 1.91. The van der Waals surface area contributed by atoms with Crippen molar-refractivity contribution in [2.45, 2.75) is 44.8 Å². The molecule has 0 aromatic rings. The van der Waals surface area contributed by atoms with Crippen LogP contribution in [-0.2, 0) is 0 Å². The van der Waals surface area contributed by atoms with Crippen molar-refractivity contribution < 1.29 is 0 Å². The standard InChI is InChI=1S/C8H16S/c1-7(2)4-5-8(3,9)6-7/h9H,4-6H2,1-3H3. The van der Waals surface area contributed by atoms with Gasteiger partial charge in [0.05, 0.1) is 0 Å². The fourth-order valence-corrected chi connectivity index (χ4v) is 2.36. The lowest BCUT2D eigenvalue weighted by molar-refractivity contribution is 0.373. The van der Waals surface area contributed by atoms with Gasteiger partial charge in [0.25, 0.3) is 0 Å². The van der Waals surface area contributed by atoms with Gasteiger partial charge in [0.1, 0.15) is 0 Å². The van der Waals surface area contributed by atoms with E-state index < -0.39 is 0 Å². The summed E-state index contributed by atoms with van der Waals surface area (Å²) in [6.45, 7) is 6.90. The molecule has 1 atom stereocenters. The fourth-order valence-electron chi connectivity index (χ4n) is 1.82. The lowest BCUT2D eigenvalue weighted by Crippen LogP contribution is -2.13. The largest absolute Gasteiger partial charge is 0.173 e. The first-order valence-corrected chi connectivity index (χ1v) is 4.09. The van der Waals surface area contributed by atoms with E-state index in [1.54, 1.807) is 0 Å². The van der Waals surface area contributed by atoms with Gasteiger partial charge in [0, 0.05) is 4.75 Å². The van der Waals surface area contributed by atoms with E-state index in [0.29, 0.717) is 10.2 Å². The molecule has 1 fully saturated rings. The minimum absolute atomic E-state index is 0.323. The minimum atomic E-state index is 0.323. The Labute approximate surface area is 63.4 Å². The number of hydrogen-bond donors (Lipinski definition) is 1. The average Bonchev–Trinajstić information content (AvgIpc) is 1.78. The van der Waals surface area contributed by atoms with Crippen molar-refractivity contribution in [3.8, 4) is 0 Å². The molecule has 0 bridgehead atoms. The van der Waals surface area contributed by atoms with E-state index in [2.05, 4.69) is 33.4 Å². The third-order valence-corrected chi connectivity index (χ3v) is 2.58. The van der Waals surface area contributed by atoms with Crippen LogP contribution in [0.2, 0.25) is 0 Å². The zero-order valence-corrected chi connectivity index (χ0v) is 7.46. The summed E-state index contributed by atoms with van der Waals surface area (Å²) < 4.78 is 0.323. The van der Waals surface area contributed by atoms with Gasteiger partial charge < -0.3 is 0 Å². The van der Waals surface area contributed by atoms with Gasteiger partial charge in [0.2, 0.25) is 0 Å². The Morgan fingerprint density at radius 2 is 1.67 bits per heavy atom. The van der Waals surface area contributed by atoms with Crippen LogP contribution in [0.3, 0.4) is 0 Å². The summed E-state index contributed by atoms with van der Waals surface area (Å²) in [5.41, 5.74) is 0.552. The van der Waals surface area contributed by atoms with Crippen LogP contribution in [0.25, 0.3) is 0 Å². The Morgan fingerprint density at radius 1 is 1.11 bits per heavy atom. The normalized spacial score (nSPS) is 41.3. The zero-order valence-electron chi connectivity index (χ0n) is 6.57. The maximum atomic E-state index is 4.56. The van der Waals surface area contributed by atoms with Crippen LogP contribution >= 0.6 is 12.6 Å². The molecule has 0 N–H and O–H groups in total. The Hall–Kier alpha value is 0.350. The second-order valence-corrected chi connectivity index (χ2v) is 5.42. The van der Waals surface area contributed by atoms with Gasteiger partial charge in [-0.1, -0.05) is 20.8 Å². The molecule has 1 aliphatic carbocycles. The highest BCUT2D eigenvalue weighted by atomic mass is 32.1. The van der Waals surface area contributed by atoms with E-state index in [4.69, 9.17) is 0 Å². The second-order valence-electron chi connectivity index (χ2n) is 4.34. The summed E-state index contributed by atoms with van der Waals surface area (Å²) in [6.07, 6.45) is 3.89. The van der Waals surface area contributed by atoms with E-state index in [0.717, 1.165) is 0 Å². The average molecular weight is 144 g/mol. The summed E-state index contributed by atoms with van der Waals surface area (Å²) in [6, 6.07) is 0. The first kappa shape index (κ1) is 7.46. The third kappa shape index (κ3) is 1.89. The predicted molar refractivity (Wildman–Crippen MR) is 45.0 cm³/mol. The first-order chi connectivity index (χ1) is 3.91. The van der Waals surface area contributed by atoms with E-state index in [9.17, 15) is 0 Å². The molecule has 0 saturated heterocycles. The highest BCUT2D eigenvalue weighted by molar-refractivity contribution is 7.81. The van der Waals surface area contributed by atoms with Crippen molar-refractivity contribution in [2.24, 2.45) is 5.41 Å². The van der Waals surface area contributed by atoms with Gasteiger partial charge >= 0.3 is 0 Å². The Kier molecular flexibility index (Phi) is 1.59. The Bertz CT molecular complexity index is 99.7. The summed E-state index contributed by atoms with van der Waals surface area (Å²) >= 11 is 4.56. The molecule has 9 heavy (non-hydrogen) atoms. The molecule has 1 unspecified atom stereocenters. The SMILES string of the molecule is CC1(C)CCC(C)(S)C1. The summed E-state index contributed by atoms with van der Waals surface area (Å²) in [5.74, 6) is 0. The topological polar surface area (TPSA) is 0 Å². The van der Waals surface area contributed by atoms with Gasteiger partial charge in [-0.3, -0.25) is 0 Å². The van der Waals surface area contributed by atoms with Gasteiger partial charge in [-0.15, -0.1) is 0 Å². The molecule has 1 saturated carbocycles. The maximum absolute atomic E-state index is 4.56. The van der Waals surface area contributed by atoms with E-state index in [-0.39, 0.29) is 0 Å². The zero-order chi connectivity index (χ0) is 7.12. The molecule has 0 nitrogen and oxygen atoms in total. The van der Waals surface area contributed by atoms with Crippen molar-refractivity contribution in [3.05, 3.63) is 0 Å². The Morgan fingerprint density at radius 3 is 1.78 bits per heavy atom. The lowest BCUT2D eigenvalue weighted by atomic mass is 9.91. The summed E-state index contributed by atoms with van der Waals surface area (Å²) in [5, 5.41) is 0. The van der Waals surface area contributed by atoms with Crippen LogP contribution in [-0.4, -0.2) is 4.75 Å². The number of thiol groups is 1. The molecule has 0 heterocycles. The first-order valence-electron chi connectivity index (χ1n) is 3.64. The minimum Gasteiger partial charge on any atom is -0.173 e. The van der Waals surface area contributed by atoms with Crippen LogP contribution in [0.4, 0.5) is 0 Å². The van der Waals surface area contributed by atoms with Crippen molar-refractivity contribution in [1.29, 1.82) is 0 Å².